The highest BCUT2D eigenvalue weighted by atomic mass is 16.6. The van der Waals surface area contributed by atoms with Gasteiger partial charge in [-0.15, -0.1) is 0 Å². The number of nitro groups is 1. The summed E-state index contributed by atoms with van der Waals surface area (Å²) in [7, 11) is 1.91. The quantitative estimate of drug-likeness (QED) is 0.622. The molecule has 0 bridgehead atoms. The highest BCUT2D eigenvalue weighted by Crippen LogP contribution is 2.22. The van der Waals surface area contributed by atoms with Crippen LogP contribution in [-0.2, 0) is 11.3 Å². The number of amides is 1. The number of carbonyl (C=O) groups excluding carboxylic acids is 1. The molecule has 0 aliphatic carbocycles. The van der Waals surface area contributed by atoms with E-state index in [0.717, 1.165) is 10.5 Å². The summed E-state index contributed by atoms with van der Waals surface area (Å²) < 4.78 is 0. The number of para-hydroxylation sites is 2. The lowest BCUT2D eigenvalue weighted by Crippen LogP contribution is -3.08. The minimum Gasteiger partial charge on any atom is -0.326 e. The van der Waals surface area contributed by atoms with Gasteiger partial charge in [0.25, 0.3) is 11.6 Å². The van der Waals surface area contributed by atoms with Crippen molar-refractivity contribution in [3.8, 4) is 0 Å². The fourth-order valence-electron chi connectivity index (χ4n) is 2.21. The molecule has 0 saturated carbocycles. The summed E-state index contributed by atoms with van der Waals surface area (Å²) in [6.07, 6.45) is 0. The second kappa shape index (κ2) is 7.33. The molecule has 0 radical (unpaired) electrons. The van der Waals surface area contributed by atoms with Crippen LogP contribution in [0, 0.1) is 10.1 Å². The number of benzene rings is 2. The number of likely N-dealkylation sites (N-methyl/N-ethyl adjacent to an activating group) is 1. The van der Waals surface area contributed by atoms with Gasteiger partial charge in [-0.1, -0.05) is 42.5 Å². The number of quaternary nitrogens is 1. The van der Waals surface area contributed by atoms with Crippen molar-refractivity contribution in [3.63, 3.8) is 0 Å². The smallest absolute Gasteiger partial charge is 0.292 e. The third kappa shape index (κ3) is 4.39. The number of nitrogens with one attached hydrogen (secondary N) is 2. The first-order valence-corrected chi connectivity index (χ1v) is 6.95. The molecule has 1 amide bonds. The first-order valence-electron chi connectivity index (χ1n) is 6.95. The molecule has 6 heteroatoms. The van der Waals surface area contributed by atoms with Crippen LogP contribution in [0.3, 0.4) is 0 Å². The lowest BCUT2D eigenvalue weighted by molar-refractivity contribution is -0.885. The summed E-state index contributed by atoms with van der Waals surface area (Å²) in [6.45, 7) is 0.950. The molecule has 0 saturated heterocycles. The van der Waals surface area contributed by atoms with Crippen molar-refractivity contribution in [3.05, 3.63) is 70.3 Å². The van der Waals surface area contributed by atoms with Crippen LogP contribution >= 0.6 is 0 Å². The van der Waals surface area contributed by atoms with Gasteiger partial charge in [0.05, 0.1) is 12.0 Å². The van der Waals surface area contributed by atoms with Crippen molar-refractivity contribution in [2.24, 2.45) is 0 Å². The summed E-state index contributed by atoms with van der Waals surface area (Å²) in [4.78, 5) is 23.4. The Morgan fingerprint density at radius 1 is 1.14 bits per heavy atom. The Bertz CT molecular complexity index is 659. The van der Waals surface area contributed by atoms with Crippen LogP contribution in [0.5, 0.6) is 0 Å². The van der Waals surface area contributed by atoms with E-state index < -0.39 is 4.92 Å². The number of carbonyl (C=O) groups is 1. The van der Waals surface area contributed by atoms with Crippen molar-refractivity contribution < 1.29 is 14.6 Å². The Balaban J connectivity index is 1.94. The molecule has 2 aromatic rings. The fraction of sp³-hybridized carbons (Fsp3) is 0.188. The highest BCUT2D eigenvalue weighted by molar-refractivity contribution is 5.93. The van der Waals surface area contributed by atoms with Gasteiger partial charge >= 0.3 is 0 Å². The van der Waals surface area contributed by atoms with Crippen LogP contribution < -0.4 is 10.2 Å². The number of hydrogen-bond acceptors (Lipinski definition) is 3. The largest absolute Gasteiger partial charge is 0.326 e. The average molecular weight is 300 g/mol. The minimum atomic E-state index is -0.504. The SMILES string of the molecule is C[NH+](CC(=O)Nc1ccccc1[N+](=O)[O-])Cc1ccccc1. The molecule has 114 valence electrons. The van der Waals surface area contributed by atoms with Crippen LogP contribution in [-0.4, -0.2) is 24.4 Å². The molecule has 2 N–H and O–H groups in total. The standard InChI is InChI=1S/C16H17N3O3/c1-18(11-13-7-3-2-4-8-13)12-16(20)17-14-9-5-6-10-15(14)19(21)22/h2-10H,11-12H2,1H3,(H,17,20)/p+1. The summed E-state index contributed by atoms with van der Waals surface area (Å²) in [5, 5.41) is 13.5. The Kier molecular flexibility index (Phi) is 5.21. The van der Waals surface area contributed by atoms with Crippen molar-refractivity contribution in [2.75, 3.05) is 18.9 Å². The number of nitro benzene ring substituents is 1. The van der Waals surface area contributed by atoms with Gasteiger partial charge in [-0.05, 0) is 6.07 Å². The minimum absolute atomic E-state index is 0.100. The first-order chi connectivity index (χ1) is 10.6. The molecule has 0 fully saturated rings. The van der Waals surface area contributed by atoms with Crippen LogP contribution in [0.15, 0.2) is 54.6 Å². The van der Waals surface area contributed by atoms with Crippen molar-refractivity contribution in [1.29, 1.82) is 0 Å². The van der Waals surface area contributed by atoms with E-state index in [9.17, 15) is 14.9 Å². The van der Waals surface area contributed by atoms with E-state index in [0.29, 0.717) is 6.54 Å². The molecule has 2 aromatic carbocycles. The molecule has 0 heterocycles. The second-order valence-electron chi connectivity index (χ2n) is 5.12. The van der Waals surface area contributed by atoms with Crippen molar-refractivity contribution in [2.45, 2.75) is 6.54 Å². The normalized spacial score (nSPS) is 11.7. The zero-order valence-corrected chi connectivity index (χ0v) is 12.3. The number of rotatable bonds is 6. The van der Waals surface area contributed by atoms with Crippen LogP contribution in [0.25, 0.3) is 0 Å². The van der Waals surface area contributed by atoms with Gasteiger partial charge in [-0.3, -0.25) is 14.9 Å². The van der Waals surface area contributed by atoms with Gasteiger partial charge in [0, 0.05) is 11.6 Å². The third-order valence-electron chi connectivity index (χ3n) is 3.19. The van der Waals surface area contributed by atoms with E-state index in [-0.39, 0.29) is 23.8 Å². The maximum Gasteiger partial charge on any atom is 0.292 e. The maximum atomic E-state index is 12.0. The van der Waals surface area contributed by atoms with Gasteiger partial charge in [-0.25, -0.2) is 0 Å². The highest BCUT2D eigenvalue weighted by Gasteiger charge is 2.17. The molecular formula is C16H18N3O3+. The topological polar surface area (TPSA) is 76.7 Å². The maximum absolute atomic E-state index is 12.0. The molecule has 0 aliphatic rings. The summed E-state index contributed by atoms with van der Waals surface area (Å²) in [6, 6.07) is 16.0. The van der Waals surface area contributed by atoms with Crippen molar-refractivity contribution in [1.82, 2.24) is 0 Å². The van der Waals surface area contributed by atoms with Gasteiger partial charge in [-0.2, -0.15) is 0 Å². The Hall–Kier alpha value is -2.73. The van der Waals surface area contributed by atoms with Crippen LogP contribution in [0.4, 0.5) is 11.4 Å². The molecule has 2 rings (SSSR count). The lowest BCUT2D eigenvalue weighted by atomic mass is 10.2. The van der Waals surface area contributed by atoms with Crippen LogP contribution in [0.2, 0.25) is 0 Å². The summed E-state index contributed by atoms with van der Waals surface area (Å²) in [5.41, 5.74) is 1.26. The molecule has 0 spiro atoms. The lowest BCUT2D eigenvalue weighted by Gasteiger charge is -2.14. The summed E-state index contributed by atoms with van der Waals surface area (Å²) >= 11 is 0. The van der Waals surface area contributed by atoms with E-state index in [1.54, 1.807) is 12.1 Å². The molecule has 1 atom stereocenters. The van der Waals surface area contributed by atoms with Gasteiger partial charge in [0.15, 0.2) is 6.54 Å². The Morgan fingerprint density at radius 2 is 1.77 bits per heavy atom. The van der Waals surface area contributed by atoms with E-state index >= 15 is 0 Å². The monoisotopic (exact) mass is 300 g/mol. The second-order valence-corrected chi connectivity index (χ2v) is 5.12. The predicted molar refractivity (Wildman–Crippen MR) is 83.6 cm³/mol. The predicted octanol–water partition coefficient (Wildman–Crippen LogP) is 1.25. The number of nitrogens with zero attached hydrogens (tertiary/aromatic N) is 1. The molecule has 0 aliphatic heterocycles. The van der Waals surface area contributed by atoms with E-state index in [4.69, 9.17) is 0 Å². The van der Waals surface area contributed by atoms with Gasteiger partial charge < -0.3 is 10.2 Å². The van der Waals surface area contributed by atoms with Gasteiger partial charge in [0.2, 0.25) is 0 Å². The number of hydrogen-bond donors (Lipinski definition) is 2. The summed E-state index contributed by atoms with van der Waals surface area (Å²) in [5.74, 6) is -0.247. The molecule has 22 heavy (non-hydrogen) atoms. The van der Waals surface area contributed by atoms with E-state index in [1.165, 1.54) is 12.1 Å². The van der Waals surface area contributed by atoms with Gasteiger partial charge in [0.1, 0.15) is 12.2 Å². The first kappa shape index (κ1) is 15.7. The molecule has 6 nitrogen and oxygen atoms in total. The zero-order chi connectivity index (χ0) is 15.9. The van der Waals surface area contributed by atoms with E-state index in [1.807, 2.05) is 37.4 Å². The third-order valence-corrected chi connectivity index (χ3v) is 3.19. The van der Waals surface area contributed by atoms with Crippen molar-refractivity contribution >= 4 is 17.3 Å². The Labute approximate surface area is 128 Å². The number of anilines is 1. The molecule has 1 unspecified atom stereocenters. The fourth-order valence-corrected chi connectivity index (χ4v) is 2.21. The zero-order valence-electron chi connectivity index (χ0n) is 12.3. The van der Waals surface area contributed by atoms with E-state index in [2.05, 4.69) is 5.32 Å². The molecule has 0 aromatic heterocycles. The van der Waals surface area contributed by atoms with Crippen LogP contribution in [0.1, 0.15) is 5.56 Å². The average Bonchev–Trinajstić information content (AvgIpc) is 2.48. The molecular weight excluding hydrogens is 282 g/mol. The Morgan fingerprint density at radius 3 is 2.45 bits per heavy atom.